The summed E-state index contributed by atoms with van der Waals surface area (Å²) in [5.41, 5.74) is 0.784. The normalized spacial score (nSPS) is 16.9. The first-order valence-electron chi connectivity index (χ1n) is 7.50. The Morgan fingerprint density at radius 3 is 2.81 bits per heavy atom. The molecule has 0 bridgehead atoms. The zero-order valence-corrected chi connectivity index (χ0v) is 12.4. The number of hydrogen-bond acceptors (Lipinski definition) is 4. The summed E-state index contributed by atoms with van der Waals surface area (Å²) >= 11 is 0. The Hall–Kier alpha value is -1.66. The topological polar surface area (TPSA) is 85.4 Å². The fourth-order valence-corrected chi connectivity index (χ4v) is 2.56. The van der Waals surface area contributed by atoms with Crippen molar-refractivity contribution < 1.29 is 9.90 Å². The van der Waals surface area contributed by atoms with Crippen molar-refractivity contribution in [2.75, 3.05) is 26.2 Å². The molecule has 3 N–H and O–H groups in total. The van der Waals surface area contributed by atoms with Gasteiger partial charge in [-0.3, -0.25) is 9.59 Å². The van der Waals surface area contributed by atoms with E-state index in [1.165, 1.54) is 18.9 Å². The molecule has 1 saturated heterocycles. The van der Waals surface area contributed by atoms with Crippen LogP contribution in [-0.4, -0.2) is 53.2 Å². The molecule has 0 radical (unpaired) electrons. The van der Waals surface area contributed by atoms with Crippen molar-refractivity contribution in [3.8, 4) is 0 Å². The highest BCUT2D eigenvalue weighted by molar-refractivity contribution is 5.94. The molecule has 0 aromatic carbocycles. The maximum atomic E-state index is 12.0. The fourth-order valence-electron chi connectivity index (χ4n) is 2.56. The van der Waals surface area contributed by atoms with E-state index in [9.17, 15) is 14.7 Å². The van der Waals surface area contributed by atoms with Crippen molar-refractivity contribution in [3.63, 3.8) is 0 Å². The molecule has 0 aliphatic carbocycles. The van der Waals surface area contributed by atoms with Crippen LogP contribution in [0.15, 0.2) is 16.9 Å². The van der Waals surface area contributed by atoms with Gasteiger partial charge in [-0.15, -0.1) is 0 Å². The van der Waals surface area contributed by atoms with Crippen LogP contribution in [0.2, 0.25) is 0 Å². The number of aromatic nitrogens is 1. The summed E-state index contributed by atoms with van der Waals surface area (Å²) in [4.78, 5) is 28.3. The number of aliphatic hydroxyl groups excluding tert-OH is 1. The van der Waals surface area contributed by atoms with Gasteiger partial charge in [0.2, 0.25) is 5.56 Å². The Morgan fingerprint density at radius 2 is 2.14 bits per heavy atom. The summed E-state index contributed by atoms with van der Waals surface area (Å²) in [6.07, 6.45) is 2.42. The Balaban J connectivity index is 1.86. The molecule has 2 heterocycles. The largest absolute Gasteiger partial charge is 0.390 e. The summed E-state index contributed by atoms with van der Waals surface area (Å²) in [6, 6.07) is 2.95. The predicted molar refractivity (Wildman–Crippen MR) is 80.5 cm³/mol. The number of aromatic amines is 1. The molecular formula is C15H23N3O3. The number of rotatable bonds is 6. The van der Waals surface area contributed by atoms with E-state index < -0.39 is 6.10 Å². The number of aliphatic hydroxyl groups is 1. The minimum atomic E-state index is -0.584. The molecule has 116 valence electrons. The number of likely N-dealkylation sites (tertiary alicyclic amines) is 1. The third kappa shape index (κ3) is 4.68. The number of hydrogen-bond donors (Lipinski definition) is 3. The van der Waals surface area contributed by atoms with Gasteiger partial charge in [0.15, 0.2) is 0 Å². The van der Waals surface area contributed by atoms with Crippen LogP contribution >= 0.6 is 0 Å². The second-order valence-electron chi connectivity index (χ2n) is 5.48. The van der Waals surface area contributed by atoms with E-state index in [-0.39, 0.29) is 18.0 Å². The number of H-pyrrole nitrogens is 1. The van der Waals surface area contributed by atoms with Crippen LogP contribution in [-0.2, 0) is 6.42 Å². The first-order chi connectivity index (χ1) is 10.1. The molecule has 1 aliphatic rings. The molecule has 1 atom stereocenters. The molecule has 21 heavy (non-hydrogen) atoms. The number of aryl methyl sites for hydroxylation is 1. The van der Waals surface area contributed by atoms with Crippen LogP contribution in [0.4, 0.5) is 0 Å². The standard InChI is InChI=1S/C15H23N3O3/c1-2-12-7-11(8-14(20)17-12)15(21)16-9-13(19)10-18-5-3-4-6-18/h7-8,13,19H,2-6,9-10H2,1H3,(H,16,21)(H,17,20)/t13-/m1/s1. The monoisotopic (exact) mass is 293 g/mol. The van der Waals surface area contributed by atoms with Crippen molar-refractivity contribution in [2.24, 2.45) is 0 Å². The molecular weight excluding hydrogens is 270 g/mol. The van der Waals surface area contributed by atoms with Crippen LogP contribution in [0.25, 0.3) is 0 Å². The van der Waals surface area contributed by atoms with Crippen LogP contribution < -0.4 is 10.9 Å². The van der Waals surface area contributed by atoms with E-state index in [4.69, 9.17) is 0 Å². The predicted octanol–water partition coefficient (Wildman–Crippen LogP) is 0.124. The molecule has 0 unspecified atom stereocenters. The van der Waals surface area contributed by atoms with Gasteiger partial charge >= 0.3 is 0 Å². The molecule has 0 saturated carbocycles. The maximum absolute atomic E-state index is 12.0. The van der Waals surface area contributed by atoms with E-state index >= 15 is 0 Å². The van der Waals surface area contributed by atoms with E-state index in [1.54, 1.807) is 6.07 Å². The van der Waals surface area contributed by atoms with Crippen molar-refractivity contribution in [1.82, 2.24) is 15.2 Å². The van der Waals surface area contributed by atoms with Crippen LogP contribution in [0.5, 0.6) is 0 Å². The number of amides is 1. The van der Waals surface area contributed by atoms with Gasteiger partial charge in [0.25, 0.3) is 5.91 Å². The smallest absolute Gasteiger partial charge is 0.251 e. The third-order valence-corrected chi connectivity index (χ3v) is 3.71. The molecule has 1 fully saturated rings. The number of nitrogens with zero attached hydrogens (tertiary/aromatic N) is 1. The number of pyridine rings is 1. The van der Waals surface area contributed by atoms with Crippen LogP contribution in [0.1, 0.15) is 35.8 Å². The van der Waals surface area contributed by atoms with Crippen molar-refractivity contribution in [2.45, 2.75) is 32.3 Å². The zero-order valence-electron chi connectivity index (χ0n) is 12.4. The van der Waals surface area contributed by atoms with Gasteiger partial charge < -0.3 is 20.3 Å². The first kappa shape index (κ1) is 15.7. The average Bonchev–Trinajstić information content (AvgIpc) is 2.96. The highest BCUT2D eigenvalue weighted by Crippen LogP contribution is 2.07. The van der Waals surface area contributed by atoms with Crippen LogP contribution in [0.3, 0.4) is 0 Å². The lowest BCUT2D eigenvalue weighted by molar-refractivity contribution is 0.0879. The molecule has 6 nitrogen and oxygen atoms in total. The number of carbonyl (C=O) groups excluding carboxylic acids is 1. The van der Waals surface area contributed by atoms with Gasteiger partial charge in [0, 0.05) is 30.4 Å². The highest BCUT2D eigenvalue weighted by Gasteiger charge is 2.16. The van der Waals surface area contributed by atoms with Gasteiger partial charge in [0.05, 0.1) is 6.10 Å². The Bertz CT molecular complexity index is 535. The summed E-state index contributed by atoms with van der Waals surface area (Å²) in [5.74, 6) is -0.323. The minimum absolute atomic E-state index is 0.198. The molecule has 1 aromatic rings. The van der Waals surface area contributed by atoms with Crippen molar-refractivity contribution in [3.05, 3.63) is 33.7 Å². The van der Waals surface area contributed by atoms with Crippen molar-refractivity contribution >= 4 is 5.91 Å². The van der Waals surface area contributed by atoms with Gasteiger partial charge in [-0.2, -0.15) is 0 Å². The lowest BCUT2D eigenvalue weighted by Crippen LogP contribution is -2.39. The quantitative estimate of drug-likeness (QED) is 0.695. The van der Waals surface area contributed by atoms with E-state index in [0.29, 0.717) is 18.5 Å². The van der Waals surface area contributed by atoms with Gasteiger partial charge in [-0.1, -0.05) is 6.92 Å². The van der Waals surface area contributed by atoms with Gasteiger partial charge in [-0.05, 0) is 38.4 Å². The number of carbonyl (C=O) groups is 1. The van der Waals surface area contributed by atoms with E-state index in [0.717, 1.165) is 18.8 Å². The SMILES string of the molecule is CCc1cc(C(=O)NC[C@@H](O)CN2CCCC2)cc(=O)[nH]1. The third-order valence-electron chi connectivity index (χ3n) is 3.71. The molecule has 0 spiro atoms. The van der Waals surface area contributed by atoms with Gasteiger partial charge in [-0.25, -0.2) is 0 Å². The second kappa shape index (κ2) is 7.38. The minimum Gasteiger partial charge on any atom is -0.390 e. The lowest BCUT2D eigenvalue weighted by Gasteiger charge is -2.19. The van der Waals surface area contributed by atoms with Crippen molar-refractivity contribution in [1.29, 1.82) is 0 Å². The zero-order chi connectivity index (χ0) is 15.2. The second-order valence-corrected chi connectivity index (χ2v) is 5.48. The molecule has 1 aromatic heterocycles. The molecule has 1 aliphatic heterocycles. The van der Waals surface area contributed by atoms with Crippen LogP contribution in [0, 0.1) is 0 Å². The lowest BCUT2D eigenvalue weighted by atomic mass is 10.2. The number of nitrogens with one attached hydrogen (secondary N) is 2. The Kier molecular flexibility index (Phi) is 5.52. The average molecular weight is 293 g/mol. The molecule has 2 rings (SSSR count). The molecule has 1 amide bonds. The number of β-amino-alcohol motifs (C(OH)–C–C–N with tert-alkyl or cyclic N) is 1. The summed E-state index contributed by atoms with van der Waals surface area (Å²) in [5, 5.41) is 12.6. The van der Waals surface area contributed by atoms with E-state index in [1.807, 2.05) is 6.92 Å². The molecule has 6 heteroatoms. The Labute approximate surface area is 124 Å². The summed E-state index contributed by atoms with van der Waals surface area (Å²) < 4.78 is 0. The fraction of sp³-hybridized carbons (Fsp3) is 0.600. The highest BCUT2D eigenvalue weighted by atomic mass is 16.3. The summed E-state index contributed by atoms with van der Waals surface area (Å²) in [6.45, 7) is 4.71. The first-order valence-corrected chi connectivity index (χ1v) is 7.50. The maximum Gasteiger partial charge on any atom is 0.251 e. The van der Waals surface area contributed by atoms with Gasteiger partial charge in [0.1, 0.15) is 0 Å². The summed E-state index contributed by atoms with van der Waals surface area (Å²) in [7, 11) is 0. The Morgan fingerprint density at radius 1 is 1.43 bits per heavy atom. The van der Waals surface area contributed by atoms with E-state index in [2.05, 4.69) is 15.2 Å².